The van der Waals surface area contributed by atoms with Crippen molar-refractivity contribution in [2.75, 3.05) is 11.9 Å². The predicted octanol–water partition coefficient (Wildman–Crippen LogP) is 3.46. The van der Waals surface area contributed by atoms with Gasteiger partial charge in [-0.1, -0.05) is 29.8 Å². The smallest absolute Gasteiger partial charge is 0.262 e. The number of aryl methyl sites for hydroxylation is 2. The number of rotatable bonds is 4. The van der Waals surface area contributed by atoms with Gasteiger partial charge in [0.05, 0.1) is 0 Å². The zero-order chi connectivity index (χ0) is 14.5. The van der Waals surface area contributed by atoms with Crippen LogP contribution in [0.2, 0.25) is 0 Å². The molecule has 2 aromatic carbocycles. The van der Waals surface area contributed by atoms with E-state index in [9.17, 15) is 9.18 Å². The molecule has 0 aliphatic rings. The number of amides is 1. The van der Waals surface area contributed by atoms with Crippen LogP contribution in [0.5, 0.6) is 5.75 Å². The van der Waals surface area contributed by atoms with Crippen molar-refractivity contribution in [2.24, 2.45) is 0 Å². The molecule has 0 bridgehead atoms. The van der Waals surface area contributed by atoms with Crippen LogP contribution < -0.4 is 10.1 Å². The maximum Gasteiger partial charge on any atom is 0.262 e. The van der Waals surface area contributed by atoms with Crippen LogP contribution in [0.4, 0.5) is 10.1 Å². The van der Waals surface area contributed by atoms with Gasteiger partial charge >= 0.3 is 0 Å². The van der Waals surface area contributed by atoms with Crippen molar-refractivity contribution >= 4 is 11.6 Å². The van der Waals surface area contributed by atoms with Gasteiger partial charge in [-0.15, -0.1) is 0 Å². The normalized spacial score (nSPS) is 10.2. The number of anilines is 1. The van der Waals surface area contributed by atoms with E-state index in [0.29, 0.717) is 11.3 Å². The highest BCUT2D eigenvalue weighted by atomic mass is 19.1. The zero-order valence-corrected chi connectivity index (χ0v) is 11.4. The SMILES string of the molecule is Cc1ccc(NC(=O)COc2cccc(C)c2F)cc1. The van der Waals surface area contributed by atoms with E-state index in [1.807, 2.05) is 19.1 Å². The number of benzene rings is 2. The molecule has 1 N–H and O–H groups in total. The number of carbonyl (C=O) groups is 1. The van der Waals surface area contributed by atoms with Gasteiger partial charge in [0.25, 0.3) is 5.91 Å². The van der Waals surface area contributed by atoms with Crippen molar-refractivity contribution in [2.45, 2.75) is 13.8 Å². The molecule has 0 aliphatic carbocycles. The van der Waals surface area contributed by atoms with Crippen LogP contribution in [-0.4, -0.2) is 12.5 Å². The van der Waals surface area contributed by atoms with Crippen molar-refractivity contribution < 1.29 is 13.9 Å². The molecule has 0 saturated carbocycles. The second kappa shape index (κ2) is 6.19. The topological polar surface area (TPSA) is 38.3 Å². The second-order valence-corrected chi connectivity index (χ2v) is 4.59. The highest BCUT2D eigenvalue weighted by molar-refractivity contribution is 5.91. The molecule has 0 fully saturated rings. The van der Waals surface area contributed by atoms with Gasteiger partial charge in [0.2, 0.25) is 0 Å². The summed E-state index contributed by atoms with van der Waals surface area (Å²) in [6.45, 7) is 3.39. The van der Waals surface area contributed by atoms with Gasteiger partial charge in [-0.25, -0.2) is 4.39 Å². The van der Waals surface area contributed by atoms with Crippen LogP contribution in [0.1, 0.15) is 11.1 Å². The van der Waals surface area contributed by atoms with E-state index in [1.165, 1.54) is 6.07 Å². The highest BCUT2D eigenvalue weighted by Gasteiger charge is 2.08. The summed E-state index contributed by atoms with van der Waals surface area (Å²) in [4.78, 5) is 11.7. The molecule has 2 rings (SSSR count). The molecule has 20 heavy (non-hydrogen) atoms. The quantitative estimate of drug-likeness (QED) is 0.926. The fraction of sp³-hybridized carbons (Fsp3) is 0.188. The number of nitrogens with one attached hydrogen (secondary N) is 1. The molecule has 0 aromatic heterocycles. The highest BCUT2D eigenvalue weighted by Crippen LogP contribution is 2.19. The minimum absolute atomic E-state index is 0.0871. The molecule has 0 heterocycles. The molecule has 3 nitrogen and oxygen atoms in total. The molecule has 0 aliphatic heterocycles. The van der Waals surface area contributed by atoms with Gasteiger partial charge in [-0.3, -0.25) is 4.79 Å². The Morgan fingerprint density at radius 1 is 1.15 bits per heavy atom. The van der Waals surface area contributed by atoms with Crippen molar-refractivity contribution in [1.82, 2.24) is 0 Å². The van der Waals surface area contributed by atoms with Crippen LogP contribution in [-0.2, 0) is 4.79 Å². The summed E-state index contributed by atoms with van der Waals surface area (Å²) in [7, 11) is 0. The molecule has 1 amide bonds. The largest absolute Gasteiger partial charge is 0.481 e. The zero-order valence-electron chi connectivity index (χ0n) is 11.4. The number of hydrogen-bond acceptors (Lipinski definition) is 2. The average molecular weight is 273 g/mol. The Labute approximate surface area is 117 Å². The van der Waals surface area contributed by atoms with Gasteiger partial charge in [-0.05, 0) is 37.6 Å². The number of halogens is 1. The standard InChI is InChI=1S/C16H16FNO2/c1-11-6-8-13(9-7-11)18-15(19)10-20-14-5-3-4-12(2)16(14)17/h3-9H,10H2,1-2H3,(H,18,19). The van der Waals surface area contributed by atoms with Gasteiger partial charge in [0, 0.05) is 5.69 Å². The molecule has 0 atom stereocenters. The maximum absolute atomic E-state index is 13.7. The maximum atomic E-state index is 13.7. The third-order valence-electron chi connectivity index (χ3n) is 2.85. The van der Waals surface area contributed by atoms with Crippen LogP contribution >= 0.6 is 0 Å². The monoisotopic (exact) mass is 273 g/mol. The van der Waals surface area contributed by atoms with E-state index in [0.717, 1.165) is 5.56 Å². The minimum atomic E-state index is -0.435. The second-order valence-electron chi connectivity index (χ2n) is 4.59. The summed E-state index contributed by atoms with van der Waals surface area (Å²) in [5.74, 6) is -0.672. The third kappa shape index (κ3) is 3.57. The van der Waals surface area contributed by atoms with E-state index in [1.54, 1.807) is 31.2 Å². The fourth-order valence-electron chi connectivity index (χ4n) is 1.71. The Balaban J connectivity index is 1.92. The molecule has 0 saturated heterocycles. The minimum Gasteiger partial charge on any atom is -0.481 e. The predicted molar refractivity (Wildman–Crippen MR) is 76.4 cm³/mol. The number of carbonyl (C=O) groups excluding carboxylic acids is 1. The fourth-order valence-corrected chi connectivity index (χ4v) is 1.71. The first-order chi connectivity index (χ1) is 9.56. The molecule has 0 spiro atoms. The van der Waals surface area contributed by atoms with Crippen molar-refractivity contribution in [1.29, 1.82) is 0 Å². The Bertz CT molecular complexity index is 608. The Hall–Kier alpha value is -2.36. The van der Waals surface area contributed by atoms with Crippen LogP contribution in [0.15, 0.2) is 42.5 Å². The number of hydrogen-bond donors (Lipinski definition) is 1. The van der Waals surface area contributed by atoms with Gasteiger partial charge in [0.15, 0.2) is 18.2 Å². The molecular weight excluding hydrogens is 257 g/mol. The summed E-state index contributed by atoms with van der Waals surface area (Å²) in [6, 6.07) is 12.2. The lowest BCUT2D eigenvalue weighted by Crippen LogP contribution is -2.20. The van der Waals surface area contributed by atoms with Crippen molar-refractivity contribution in [3.05, 3.63) is 59.4 Å². The lowest BCUT2D eigenvalue weighted by Gasteiger charge is -2.09. The molecule has 104 valence electrons. The molecule has 2 aromatic rings. The van der Waals surface area contributed by atoms with Gasteiger partial charge < -0.3 is 10.1 Å². The third-order valence-corrected chi connectivity index (χ3v) is 2.85. The molecular formula is C16H16FNO2. The van der Waals surface area contributed by atoms with E-state index in [2.05, 4.69) is 5.32 Å². The first-order valence-electron chi connectivity index (χ1n) is 6.30. The Kier molecular flexibility index (Phi) is 4.35. The summed E-state index contributed by atoms with van der Waals surface area (Å²) in [6.07, 6.45) is 0. The van der Waals surface area contributed by atoms with E-state index in [-0.39, 0.29) is 18.3 Å². The van der Waals surface area contributed by atoms with E-state index >= 15 is 0 Å². The lowest BCUT2D eigenvalue weighted by molar-refractivity contribution is -0.118. The van der Waals surface area contributed by atoms with Crippen molar-refractivity contribution in [3.8, 4) is 5.75 Å². The first kappa shape index (κ1) is 14.1. The number of ether oxygens (including phenoxy) is 1. The van der Waals surface area contributed by atoms with Crippen LogP contribution in [0.3, 0.4) is 0 Å². The molecule has 4 heteroatoms. The van der Waals surface area contributed by atoms with Crippen LogP contribution in [0.25, 0.3) is 0 Å². The first-order valence-corrected chi connectivity index (χ1v) is 6.30. The molecule has 0 radical (unpaired) electrons. The van der Waals surface area contributed by atoms with Gasteiger partial charge in [0.1, 0.15) is 0 Å². The summed E-state index contributed by atoms with van der Waals surface area (Å²) in [5.41, 5.74) is 2.29. The van der Waals surface area contributed by atoms with Crippen LogP contribution in [0, 0.1) is 19.7 Å². The lowest BCUT2D eigenvalue weighted by atomic mass is 10.2. The molecule has 0 unspecified atom stereocenters. The summed E-state index contributed by atoms with van der Waals surface area (Å²) >= 11 is 0. The van der Waals surface area contributed by atoms with E-state index in [4.69, 9.17) is 4.74 Å². The van der Waals surface area contributed by atoms with Crippen molar-refractivity contribution in [3.63, 3.8) is 0 Å². The Morgan fingerprint density at radius 2 is 1.85 bits per heavy atom. The van der Waals surface area contributed by atoms with Gasteiger partial charge in [-0.2, -0.15) is 0 Å². The summed E-state index contributed by atoms with van der Waals surface area (Å²) in [5, 5.41) is 2.69. The summed E-state index contributed by atoms with van der Waals surface area (Å²) < 4.78 is 18.9. The Morgan fingerprint density at radius 3 is 2.55 bits per heavy atom. The van der Waals surface area contributed by atoms with E-state index < -0.39 is 5.82 Å². The average Bonchev–Trinajstić information content (AvgIpc) is 2.43.